The van der Waals surface area contributed by atoms with Gasteiger partial charge in [-0.15, -0.1) is 0 Å². The quantitative estimate of drug-likeness (QED) is 0.301. The zero-order valence-corrected chi connectivity index (χ0v) is 17.7. The monoisotopic (exact) mass is 436 g/mol. The molecule has 3 aromatic carbocycles. The number of carbonyl (C=O) groups excluding carboxylic acids is 2. The van der Waals surface area contributed by atoms with Gasteiger partial charge in [-0.05, 0) is 59.9 Å². The lowest BCUT2D eigenvalue weighted by molar-refractivity contribution is -0.142. The number of nitrogens with two attached hydrogens (primary N) is 2. The van der Waals surface area contributed by atoms with Crippen molar-refractivity contribution in [3.63, 3.8) is 0 Å². The van der Waals surface area contributed by atoms with Crippen molar-refractivity contribution in [3.05, 3.63) is 89.2 Å². The molecule has 0 fully saturated rings. The maximum absolute atomic E-state index is 14.6. The third-order valence-corrected chi connectivity index (χ3v) is 5.12. The second-order valence-electron chi connectivity index (χ2n) is 7.42. The molecule has 4 N–H and O–H groups in total. The molecule has 0 saturated carbocycles. The van der Waals surface area contributed by atoms with Gasteiger partial charge in [-0.1, -0.05) is 36.4 Å². The van der Waals surface area contributed by atoms with E-state index in [-0.39, 0.29) is 5.75 Å². The highest BCUT2D eigenvalue weighted by molar-refractivity contribution is 5.75. The Balaban J connectivity index is 1.67. The largest absolute Gasteiger partial charge is 0.468 e. The Kier molecular flexibility index (Phi) is 7.57. The van der Waals surface area contributed by atoms with Crippen LogP contribution in [0.4, 0.5) is 10.1 Å². The number of halogens is 1. The van der Waals surface area contributed by atoms with Crippen LogP contribution < -0.4 is 16.2 Å². The lowest BCUT2D eigenvalue weighted by atomic mass is 9.92. The summed E-state index contributed by atoms with van der Waals surface area (Å²) in [6, 6.07) is 17.8. The van der Waals surface area contributed by atoms with Gasteiger partial charge in [0.05, 0.1) is 7.11 Å². The molecule has 0 radical (unpaired) electrons. The lowest BCUT2D eigenvalue weighted by Crippen LogP contribution is -2.33. The Morgan fingerprint density at radius 2 is 1.72 bits per heavy atom. The van der Waals surface area contributed by atoms with E-state index in [1.54, 1.807) is 48.5 Å². The normalized spacial score (nSPS) is 12.6. The van der Waals surface area contributed by atoms with Crippen LogP contribution in [0.25, 0.3) is 0 Å². The van der Waals surface area contributed by atoms with Crippen molar-refractivity contribution in [2.24, 2.45) is 5.73 Å². The van der Waals surface area contributed by atoms with Crippen LogP contribution in [0.3, 0.4) is 0 Å². The van der Waals surface area contributed by atoms with E-state index in [0.717, 1.165) is 17.4 Å². The number of esters is 1. The Hall–Kier alpha value is -3.71. The Morgan fingerprint density at radius 3 is 2.34 bits per heavy atom. The number of ether oxygens (including phenoxy) is 2. The minimum absolute atomic E-state index is 0.0645. The van der Waals surface area contributed by atoms with E-state index in [2.05, 4.69) is 4.74 Å². The number of nitrogen functional groups attached to an aromatic ring is 1. The molecule has 0 heterocycles. The second-order valence-corrected chi connectivity index (χ2v) is 7.42. The average molecular weight is 436 g/mol. The molecule has 3 aromatic rings. The number of methoxy groups -OCH3 is 1. The van der Waals surface area contributed by atoms with E-state index >= 15 is 0 Å². The minimum Gasteiger partial charge on any atom is -0.468 e. The molecule has 166 valence electrons. The zero-order chi connectivity index (χ0) is 23.1. The van der Waals surface area contributed by atoms with Gasteiger partial charge in [0.25, 0.3) is 0 Å². The van der Waals surface area contributed by atoms with E-state index in [0.29, 0.717) is 29.8 Å². The van der Waals surface area contributed by atoms with E-state index in [1.165, 1.54) is 19.2 Å². The first-order valence-corrected chi connectivity index (χ1v) is 10.1. The Bertz CT molecular complexity index is 1090. The number of hydrogen-bond donors (Lipinski definition) is 2. The zero-order valence-electron chi connectivity index (χ0n) is 17.7. The van der Waals surface area contributed by atoms with E-state index in [1.807, 2.05) is 6.07 Å². The third kappa shape index (κ3) is 5.70. The Morgan fingerprint density at radius 1 is 1.03 bits per heavy atom. The molecule has 0 aliphatic carbocycles. The molecular weight excluding hydrogens is 411 g/mol. The van der Waals surface area contributed by atoms with Gasteiger partial charge in [0.15, 0.2) is 11.6 Å². The minimum atomic E-state index is -0.752. The molecule has 6 nitrogen and oxygen atoms in total. The molecular formula is C25H25FN2O4. The standard InChI is InChI=1S/C25H25FN2O4/c1-31-25(30)23(28)14-16-6-9-19(10-7-16)32-24-11-8-17(13-21(24)26)12-18(15-29)20-4-2-3-5-22(20)27/h2-11,13,15,18,23H,12,14,27-28H2,1H3. The number of para-hydroxylation sites is 1. The third-order valence-electron chi connectivity index (χ3n) is 5.12. The average Bonchev–Trinajstić information content (AvgIpc) is 2.80. The number of anilines is 1. The lowest BCUT2D eigenvalue weighted by Gasteiger charge is -2.14. The Labute approximate surface area is 185 Å². The molecule has 2 unspecified atom stereocenters. The van der Waals surface area contributed by atoms with Crippen molar-refractivity contribution in [1.82, 2.24) is 0 Å². The van der Waals surface area contributed by atoms with Crippen molar-refractivity contribution in [1.29, 1.82) is 0 Å². The van der Waals surface area contributed by atoms with Crippen molar-refractivity contribution in [3.8, 4) is 11.5 Å². The molecule has 0 aliphatic rings. The fourth-order valence-electron chi connectivity index (χ4n) is 3.40. The highest BCUT2D eigenvalue weighted by Gasteiger charge is 2.16. The first-order chi connectivity index (χ1) is 15.4. The number of rotatable bonds is 9. The molecule has 0 bridgehead atoms. The summed E-state index contributed by atoms with van der Waals surface area (Å²) < 4.78 is 24.9. The first-order valence-electron chi connectivity index (χ1n) is 10.1. The van der Waals surface area contributed by atoms with Crippen LogP contribution >= 0.6 is 0 Å². The van der Waals surface area contributed by atoms with E-state index in [4.69, 9.17) is 16.2 Å². The van der Waals surface area contributed by atoms with Crippen molar-refractivity contribution >= 4 is 17.9 Å². The molecule has 0 saturated heterocycles. The number of hydrogen-bond acceptors (Lipinski definition) is 6. The smallest absolute Gasteiger partial charge is 0.322 e. The SMILES string of the molecule is COC(=O)C(N)Cc1ccc(Oc2ccc(CC(C=O)c3ccccc3N)cc2F)cc1. The summed E-state index contributed by atoms with van der Waals surface area (Å²) in [7, 11) is 1.29. The van der Waals surface area contributed by atoms with Crippen molar-refractivity contribution < 1.29 is 23.5 Å². The van der Waals surface area contributed by atoms with Crippen molar-refractivity contribution in [2.75, 3.05) is 12.8 Å². The van der Waals surface area contributed by atoms with Gasteiger partial charge >= 0.3 is 5.97 Å². The first kappa shape index (κ1) is 23.0. The predicted octanol–water partition coefficient (Wildman–Crippen LogP) is 3.77. The number of aldehydes is 1. The fourth-order valence-corrected chi connectivity index (χ4v) is 3.40. The topological polar surface area (TPSA) is 105 Å². The van der Waals surface area contributed by atoms with Gasteiger partial charge in [-0.2, -0.15) is 0 Å². The van der Waals surface area contributed by atoms with Crippen LogP contribution in [0.1, 0.15) is 22.6 Å². The van der Waals surface area contributed by atoms with Gasteiger partial charge in [0, 0.05) is 11.6 Å². The second kappa shape index (κ2) is 10.5. The van der Waals surface area contributed by atoms with Gasteiger partial charge in [0.2, 0.25) is 0 Å². The fraction of sp³-hybridized carbons (Fsp3) is 0.200. The summed E-state index contributed by atoms with van der Waals surface area (Å²) in [5.74, 6) is -0.986. The highest BCUT2D eigenvalue weighted by atomic mass is 19.1. The van der Waals surface area contributed by atoms with Gasteiger partial charge < -0.3 is 25.7 Å². The van der Waals surface area contributed by atoms with Gasteiger partial charge in [0.1, 0.15) is 18.1 Å². The van der Waals surface area contributed by atoms with Crippen LogP contribution in [-0.2, 0) is 27.2 Å². The predicted molar refractivity (Wildman–Crippen MR) is 120 cm³/mol. The van der Waals surface area contributed by atoms with Crippen LogP contribution in [0.5, 0.6) is 11.5 Å². The maximum atomic E-state index is 14.6. The maximum Gasteiger partial charge on any atom is 0.322 e. The number of carbonyl (C=O) groups is 2. The molecule has 32 heavy (non-hydrogen) atoms. The summed E-state index contributed by atoms with van der Waals surface area (Å²) in [4.78, 5) is 23.0. The van der Waals surface area contributed by atoms with Crippen LogP contribution in [0.2, 0.25) is 0 Å². The van der Waals surface area contributed by atoms with Gasteiger partial charge in [-0.25, -0.2) is 4.39 Å². The summed E-state index contributed by atoms with van der Waals surface area (Å²) in [6.45, 7) is 0. The summed E-state index contributed by atoms with van der Waals surface area (Å²) in [5, 5.41) is 0. The summed E-state index contributed by atoms with van der Waals surface area (Å²) in [6.07, 6.45) is 1.46. The molecule has 0 aliphatic heterocycles. The van der Waals surface area contributed by atoms with E-state index < -0.39 is 23.7 Å². The summed E-state index contributed by atoms with van der Waals surface area (Å²) in [5.41, 5.74) is 14.5. The van der Waals surface area contributed by atoms with Crippen LogP contribution in [0.15, 0.2) is 66.7 Å². The molecule has 0 amide bonds. The molecule has 0 spiro atoms. The molecule has 0 aromatic heterocycles. The number of benzene rings is 3. The van der Waals surface area contributed by atoms with Crippen LogP contribution in [-0.4, -0.2) is 25.4 Å². The van der Waals surface area contributed by atoms with Gasteiger partial charge in [-0.3, -0.25) is 4.79 Å². The molecule has 3 rings (SSSR count). The van der Waals surface area contributed by atoms with E-state index in [9.17, 15) is 14.0 Å². The molecule has 7 heteroatoms. The summed E-state index contributed by atoms with van der Waals surface area (Å²) >= 11 is 0. The van der Waals surface area contributed by atoms with Crippen molar-refractivity contribution in [2.45, 2.75) is 24.8 Å². The molecule has 2 atom stereocenters. The van der Waals surface area contributed by atoms with Crippen LogP contribution in [0, 0.1) is 5.82 Å². The highest BCUT2D eigenvalue weighted by Crippen LogP contribution is 2.29.